The minimum Gasteiger partial charge on any atom is -0.306 e. The van der Waals surface area contributed by atoms with Crippen LogP contribution in [0.15, 0.2) is 24.4 Å². The Balaban J connectivity index is 1.74. The molecule has 2 heteroatoms. The summed E-state index contributed by atoms with van der Waals surface area (Å²) in [4.78, 5) is 6.80. The molecule has 1 aliphatic rings. The number of aromatic nitrogens is 1. The third kappa shape index (κ3) is 3.31. The summed E-state index contributed by atoms with van der Waals surface area (Å²) in [6.45, 7) is 2.54. The van der Waals surface area contributed by atoms with E-state index in [1.165, 1.54) is 38.0 Å². The Labute approximate surface area is 92.3 Å². The third-order valence-corrected chi connectivity index (χ3v) is 3.37. The van der Waals surface area contributed by atoms with Gasteiger partial charge in [0.05, 0.1) is 0 Å². The summed E-state index contributed by atoms with van der Waals surface area (Å²) >= 11 is 0. The van der Waals surface area contributed by atoms with E-state index in [0.29, 0.717) is 0 Å². The first-order chi connectivity index (χ1) is 7.34. The SMILES string of the molecule is CN1CCC(CCc2ccccn2)CC1. The van der Waals surface area contributed by atoms with E-state index in [1.807, 2.05) is 12.3 Å². The number of pyridine rings is 1. The minimum atomic E-state index is 0.920. The topological polar surface area (TPSA) is 16.1 Å². The van der Waals surface area contributed by atoms with Crippen molar-refractivity contribution in [1.29, 1.82) is 0 Å². The largest absolute Gasteiger partial charge is 0.306 e. The highest BCUT2D eigenvalue weighted by atomic mass is 15.1. The number of nitrogens with zero attached hydrogens (tertiary/aromatic N) is 2. The van der Waals surface area contributed by atoms with Gasteiger partial charge in [0.2, 0.25) is 0 Å². The van der Waals surface area contributed by atoms with E-state index >= 15 is 0 Å². The van der Waals surface area contributed by atoms with E-state index in [0.717, 1.165) is 12.3 Å². The second-order valence-electron chi connectivity index (χ2n) is 4.61. The van der Waals surface area contributed by atoms with Crippen LogP contribution in [0.2, 0.25) is 0 Å². The summed E-state index contributed by atoms with van der Waals surface area (Å²) in [5.41, 5.74) is 1.25. The predicted molar refractivity (Wildman–Crippen MR) is 62.8 cm³/mol. The van der Waals surface area contributed by atoms with Crippen LogP contribution >= 0.6 is 0 Å². The normalized spacial score (nSPS) is 19.3. The van der Waals surface area contributed by atoms with Gasteiger partial charge in [-0.2, -0.15) is 0 Å². The first-order valence-electron chi connectivity index (χ1n) is 5.93. The lowest BCUT2D eigenvalue weighted by Gasteiger charge is -2.28. The van der Waals surface area contributed by atoms with Crippen molar-refractivity contribution in [2.24, 2.45) is 5.92 Å². The molecule has 0 aliphatic carbocycles. The van der Waals surface area contributed by atoms with Gasteiger partial charge in [-0.05, 0) is 63.9 Å². The highest BCUT2D eigenvalue weighted by Crippen LogP contribution is 2.20. The van der Waals surface area contributed by atoms with Gasteiger partial charge in [-0.1, -0.05) is 6.07 Å². The molecule has 0 unspecified atom stereocenters. The second kappa shape index (κ2) is 5.26. The van der Waals surface area contributed by atoms with Crippen LogP contribution in [0.3, 0.4) is 0 Å². The quantitative estimate of drug-likeness (QED) is 0.751. The smallest absolute Gasteiger partial charge is 0.0403 e. The standard InChI is InChI=1S/C13H20N2/c1-15-10-7-12(8-11-15)5-6-13-4-2-3-9-14-13/h2-4,9,12H,5-8,10-11H2,1H3. The molecule has 0 N–H and O–H groups in total. The summed E-state index contributed by atoms with van der Waals surface area (Å²) in [6, 6.07) is 6.20. The number of rotatable bonds is 3. The van der Waals surface area contributed by atoms with Crippen molar-refractivity contribution in [2.45, 2.75) is 25.7 Å². The number of hydrogen-bond donors (Lipinski definition) is 0. The number of hydrogen-bond acceptors (Lipinski definition) is 2. The molecule has 0 amide bonds. The van der Waals surface area contributed by atoms with Gasteiger partial charge in [0.1, 0.15) is 0 Å². The van der Waals surface area contributed by atoms with Crippen LogP contribution in [-0.2, 0) is 6.42 Å². The van der Waals surface area contributed by atoms with Gasteiger partial charge in [-0.3, -0.25) is 4.98 Å². The van der Waals surface area contributed by atoms with Crippen molar-refractivity contribution in [3.8, 4) is 0 Å². The van der Waals surface area contributed by atoms with Crippen LogP contribution in [-0.4, -0.2) is 30.0 Å². The molecule has 0 aromatic carbocycles. The maximum atomic E-state index is 4.37. The summed E-state index contributed by atoms with van der Waals surface area (Å²) < 4.78 is 0. The van der Waals surface area contributed by atoms with Crippen molar-refractivity contribution in [3.05, 3.63) is 30.1 Å². The van der Waals surface area contributed by atoms with Gasteiger partial charge in [0.25, 0.3) is 0 Å². The van der Waals surface area contributed by atoms with Crippen LogP contribution in [0, 0.1) is 5.92 Å². The molecular formula is C13H20N2. The molecule has 2 nitrogen and oxygen atoms in total. The summed E-state index contributed by atoms with van der Waals surface area (Å²) in [6.07, 6.45) is 7.08. The Morgan fingerprint density at radius 1 is 1.33 bits per heavy atom. The van der Waals surface area contributed by atoms with E-state index < -0.39 is 0 Å². The van der Waals surface area contributed by atoms with Crippen LogP contribution < -0.4 is 0 Å². The third-order valence-electron chi connectivity index (χ3n) is 3.37. The molecule has 0 atom stereocenters. The fraction of sp³-hybridized carbons (Fsp3) is 0.615. The Kier molecular flexibility index (Phi) is 3.73. The Morgan fingerprint density at radius 3 is 2.80 bits per heavy atom. The minimum absolute atomic E-state index is 0.920. The molecular weight excluding hydrogens is 184 g/mol. The second-order valence-corrected chi connectivity index (χ2v) is 4.61. The fourth-order valence-corrected chi connectivity index (χ4v) is 2.25. The van der Waals surface area contributed by atoms with Crippen molar-refractivity contribution in [2.75, 3.05) is 20.1 Å². The lowest BCUT2D eigenvalue weighted by atomic mass is 9.92. The van der Waals surface area contributed by atoms with E-state index in [9.17, 15) is 0 Å². The van der Waals surface area contributed by atoms with E-state index in [4.69, 9.17) is 0 Å². The van der Waals surface area contributed by atoms with Gasteiger partial charge in [0, 0.05) is 11.9 Å². The van der Waals surface area contributed by atoms with Gasteiger partial charge >= 0.3 is 0 Å². The van der Waals surface area contributed by atoms with Crippen LogP contribution in [0.4, 0.5) is 0 Å². The number of piperidine rings is 1. The lowest BCUT2D eigenvalue weighted by molar-refractivity contribution is 0.212. The first-order valence-corrected chi connectivity index (χ1v) is 5.93. The van der Waals surface area contributed by atoms with Gasteiger partial charge in [-0.15, -0.1) is 0 Å². The van der Waals surface area contributed by atoms with Crippen molar-refractivity contribution < 1.29 is 0 Å². The molecule has 1 aromatic heterocycles. The monoisotopic (exact) mass is 204 g/mol. The van der Waals surface area contributed by atoms with Crippen molar-refractivity contribution in [3.63, 3.8) is 0 Å². The predicted octanol–water partition coefficient (Wildman–Crippen LogP) is 2.36. The average Bonchev–Trinajstić information content (AvgIpc) is 2.30. The molecule has 1 saturated heterocycles. The number of aryl methyl sites for hydroxylation is 1. The van der Waals surface area contributed by atoms with Gasteiger partial charge < -0.3 is 4.90 Å². The van der Waals surface area contributed by atoms with E-state index in [2.05, 4.69) is 29.1 Å². The van der Waals surface area contributed by atoms with Crippen molar-refractivity contribution >= 4 is 0 Å². The maximum absolute atomic E-state index is 4.37. The molecule has 2 rings (SSSR count). The molecule has 15 heavy (non-hydrogen) atoms. The van der Waals surface area contributed by atoms with Gasteiger partial charge in [-0.25, -0.2) is 0 Å². The highest BCUT2D eigenvalue weighted by Gasteiger charge is 2.16. The van der Waals surface area contributed by atoms with Gasteiger partial charge in [0.15, 0.2) is 0 Å². The number of likely N-dealkylation sites (tertiary alicyclic amines) is 1. The summed E-state index contributed by atoms with van der Waals surface area (Å²) in [5.74, 6) is 0.920. The molecule has 2 heterocycles. The molecule has 0 radical (unpaired) electrons. The van der Waals surface area contributed by atoms with E-state index in [-0.39, 0.29) is 0 Å². The molecule has 1 fully saturated rings. The zero-order valence-corrected chi connectivity index (χ0v) is 9.52. The summed E-state index contributed by atoms with van der Waals surface area (Å²) in [5, 5.41) is 0. The molecule has 0 bridgehead atoms. The average molecular weight is 204 g/mol. The van der Waals surface area contributed by atoms with Crippen molar-refractivity contribution in [1.82, 2.24) is 9.88 Å². The molecule has 0 saturated carbocycles. The van der Waals surface area contributed by atoms with Crippen LogP contribution in [0.5, 0.6) is 0 Å². The first kappa shape index (κ1) is 10.6. The molecule has 82 valence electrons. The molecule has 1 aliphatic heterocycles. The summed E-state index contributed by atoms with van der Waals surface area (Å²) in [7, 11) is 2.22. The Bertz CT molecular complexity index is 276. The van der Waals surface area contributed by atoms with E-state index in [1.54, 1.807) is 0 Å². The zero-order valence-electron chi connectivity index (χ0n) is 9.52. The highest BCUT2D eigenvalue weighted by molar-refractivity contribution is 5.03. The maximum Gasteiger partial charge on any atom is 0.0403 e. The molecule has 0 spiro atoms. The molecule has 1 aromatic rings. The zero-order chi connectivity index (χ0) is 10.5. The van der Waals surface area contributed by atoms with Crippen LogP contribution in [0.25, 0.3) is 0 Å². The Hall–Kier alpha value is -0.890. The Morgan fingerprint density at radius 2 is 2.13 bits per heavy atom. The fourth-order valence-electron chi connectivity index (χ4n) is 2.25. The van der Waals surface area contributed by atoms with Crippen LogP contribution in [0.1, 0.15) is 25.0 Å². The lowest BCUT2D eigenvalue weighted by Crippen LogP contribution is -2.30.